The van der Waals surface area contributed by atoms with Crippen LogP contribution in [0.4, 0.5) is 0 Å². The van der Waals surface area contributed by atoms with Crippen LogP contribution in [0, 0.1) is 0 Å². The first-order chi connectivity index (χ1) is 14.5. The lowest BCUT2D eigenvalue weighted by Gasteiger charge is -2.24. The van der Waals surface area contributed by atoms with E-state index in [1.54, 1.807) is 36.4 Å². The van der Waals surface area contributed by atoms with E-state index in [1.807, 2.05) is 12.1 Å². The normalized spacial score (nSPS) is 18.4. The third kappa shape index (κ3) is 4.22. The molecule has 154 valence electrons. The van der Waals surface area contributed by atoms with Crippen LogP contribution in [0.25, 0.3) is 11.3 Å². The number of aliphatic hydroxyl groups is 1. The molecule has 1 fully saturated rings. The smallest absolute Gasteiger partial charge is 0.255 e. The standard InChI is InChI=1S/C22H20ClN3O4/c23-15-7-5-14(6-8-15)10-25-21(28)19-9-16(27)12-26(19)22(29)18-4-2-1-3-17(18)20-11-24-13-30-20/h1-8,11,13,16,19,27H,9-10,12H2,(H,25,28). The molecule has 0 spiro atoms. The molecule has 2 unspecified atom stereocenters. The highest BCUT2D eigenvalue weighted by atomic mass is 35.5. The zero-order valence-electron chi connectivity index (χ0n) is 16.0. The molecule has 1 aromatic heterocycles. The largest absolute Gasteiger partial charge is 0.443 e. The second kappa shape index (κ2) is 8.69. The highest BCUT2D eigenvalue weighted by Gasteiger charge is 2.39. The number of halogens is 1. The molecule has 2 heterocycles. The summed E-state index contributed by atoms with van der Waals surface area (Å²) in [5.41, 5.74) is 1.86. The number of β-amino-alcohol motifs (C(OH)–C–C–N with tert-alkyl or cyclic N) is 1. The van der Waals surface area contributed by atoms with Crippen molar-refractivity contribution in [2.24, 2.45) is 0 Å². The van der Waals surface area contributed by atoms with Gasteiger partial charge in [-0.2, -0.15) is 0 Å². The van der Waals surface area contributed by atoms with Crippen LogP contribution in [0.2, 0.25) is 5.02 Å². The Morgan fingerprint density at radius 2 is 1.97 bits per heavy atom. The van der Waals surface area contributed by atoms with Gasteiger partial charge < -0.3 is 19.7 Å². The lowest BCUT2D eigenvalue weighted by Crippen LogP contribution is -2.45. The number of nitrogens with zero attached hydrogens (tertiary/aromatic N) is 2. The summed E-state index contributed by atoms with van der Waals surface area (Å²) >= 11 is 5.89. The Morgan fingerprint density at radius 1 is 1.20 bits per heavy atom. The fourth-order valence-electron chi connectivity index (χ4n) is 3.58. The van der Waals surface area contributed by atoms with Gasteiger partial charge in [-0.05, 0) is 23.8 Å². The van der Waals surface area contributed by atoms with Gasteiger partial charge in [0.25, 0.3) is 5.91 Å². The van der Waals surface area contributed by atoms with Crippen molar-refractivity contribution >= 4 is 23.4 Å². The van der Waals surface area contributed by atoms with Gasteiger partial charge in [-0.3, -0.25) is 9.59 Å². The van der Waals surface area contributed by atoms with Crippen molar-refractivity contribution in [1.29, 1.82) is 0 Å². The molecule has 0 saturated carbocycles. The molecule has 2 aromatic carbocycles. The maximum Gasteiger partial charge on any atom is 0.255 e. The number of nitrogens with one attached hydrogen (secondary N) is 1. The van der Waals surface area contributed by atoms with Crippen molar-refractivity contribution < 1.29 is 19.1 Å². The van der Waals surface area contributed by atoms with Gasteiger partial charge in [0.2, 0.25) is 5.91 Å². The quantitative estimate of drug-likeness (QED) is 0.655. The van der Waals surface area contributed by atoms with E-state index in [-0.39, 0.29) is 24.8 Å². The summed E-state index contributed by atoms with van der Waals surface area (Å²) in [5, 5.41) is 13.6. The highest BCUT2D eigenvalue weighted by Crippen LogP contribution is 2.28. The van der Waals surface area contributed by atoms with Gasteiger partial charge in [-0.1, -0.05) is 41.9 Å². The summed E-state index contributed by atoms with van der Waals surface area (Å²) in [6, 6.07) is 13.4. The van der Waals surface area contributed by atoms with Crippen LogP contribution < -0.4 is 5.32 Å². The fourth-order valence-corrected chi connectivity index (χ4v) is 3.71. The van der Waals surface area contributed by atoms with Gasteiger partial charge in [0, 0.05) is 30.1 Å². The van der Waals surface area contributed by atoms with Crippen molar-refractivity contribution in [2.45, 2.75) is 25.1 Å². The van der Waals surface area contributed by atoms with Crippen LogP contribution in [-0.2, 0) is 11.3 Å². The molecule has 3 aromatic rings. The summed E-state index contributed by atoms with van der Waals surface area (Å²) in [4.78, 5) is 31.4. The summed E-state index contributed by atoms with van der Waals surface area (Å²) in [6.07, 6.45) is 2.24. The minimum Gasteiger partial charge on any atom is -0.443 e. The first-order valence-electron chi connectivity index (χ1n) is 9.52. The van der Waals surface area contributed by atoms with E-state index in [4.69, 9.17) is 16.0 Å². The van der Waals surface area contributed by atoms with Crippen molar-refractivity contribution in [1.82, 2.24) is 15.2 Å². The second-order valence-electron chi connectivity index (χ2n) is 7.12. The number of amides is 2. The molecule has 30 heavy (non-hydrogen) atoms. The molecular formula is C22H20ClN3O4. The number of benzene rings is 2. The number of rotatable bonds is 5. The molecule has 0 radical (unpaired) electrons. The average Bonchev–Trinajstić information content (AvgIpc) is 3.42. The van der Waals surface area contributed by atoms with Crippen molar-refractivity contribution in [3.05, 3.63) is 77.3 Å². The number of likely N-dealkylation sites (tertiary alicyclic amines) is 1. The molecule has 1 aliphatic heterocycles. The summed E-state index contributed by atoms with van der Waals surface area (Å²) in [5.74, 6) is -0.195. The minimum absolute atomic E-state index is 0.0859. The highest BCUT2D eigenvalue weighted by molar-refractivity contribution is 6.30. The van der Waals surface area contributed by atoms with Gasteiger partial charge >= 0.3 is 0 Å². The molecule has 0 bridgehead atoms. The molecular weight excluding hydrogens is 406 g/mol. The van der Waals surface area contributed by atoms with Gasteiger partial charge in [0.15, 0.2) is 12.2 Å². The number of oxazole rings is 1. The number of carbonyl (C=O) groups excluding carboxylic acids is 2. The number of aromatic nitrogens is 1. The summed E-state index contributed by atoms with van der Waals surface area (Å²) < 4.78 is 5.34. The number of hydrogen-bond acceptors (Lipinski definition) is 5. The maximum absolute atomic E-state index is 13.3. The van der Waals surface area contributed by atoms with Gasteiger partial charge in [-0.15, -0.1) is 0 Å². The van der Waals surface area contributed by atoms with E-state index in [0.717, 1.165) is 5.56 Å². The Balaban J connectivity index is 1.52. The Labute approximate surface area is 178 Å². The van der Waals surface area contributed by atoms with Crippen molar-refractivity contribution in [2.75, 3.05) is 6.54 Å². The molecule has 2 atom stereocenters. The Morgan fingerprint density at radius 3 is 2.70 bits per heavy atom. The van der Waals surface area contributed by atoms with Gasteiger partial charge in [0.1, 0.15) is 6.04 Å². The van der Waals surface area contributed by atoms with E-state index in [1.165, 1.54) is 17.5 Å². The SMILES string of the molecule is O=C(NCc1ccc(Cl)cc1)C1CC(O)CN1C(=O)c1ccccc1-c1cnco1. The third-order valence-electron chi connectivity index (χ3n) is 5.08. The first-order valence-corrected chi connectivity index (χ1v) is 9.90. The maximum atomic E-state index is 13.3. The number of carbonyl (C=O) groups is 2. The zero-order valence-corrected chi connectivity index (χ0v) is 16.7. The number of hydrogen-bond donors (Lipinski definition) is 2. The zero-order chi connectivity index (χ0) is 21.1. The van der Waals surface area contributed by atoms with E-state index in [0.29, 0.717) is 28.5 Å². The fraction of sp³-hybridized carbons (Fsp3) is 0.227. The van der Waals surface area contributed by atoms with Crippen molar-refractivity contribution in [3.8, 4) is 11.3 Å². The molecule has 1 aliphatic rings. The number of aliphatic hydroxyl groups excluding tert-OH is 1. The molecule has 2 amide bonds. The summed E-state index contributed by atoms with van der Waals surface area (Å²) in [7, 11) is 0. The lowest BCUT2D eigenvalue weighted by atomic mass is 10.0. The van der Waals surface area contributed by atoms with Gasteiger partial charge in [-0.25, -0.2) is 4.98 Å². The molecule has 2 N–H and O–H groups in total. The molecule has 4 rings (SSSR count). The molecule has 1 saturated heterocycles. The van der Waals surface area contributed by atoms with E-state index in [2.05, 4.69) is 10.3 Å². The Bertz CT molecular complexity index is 1040. The average molecular weight is 426 g/mol. The van der Waals surface area contributed by atoms with Crippen LogP contribution in [0.15, 0.2) is 65.5 Å². The Hall–Kier alpha value is -3.16. The Kier molecular flexibility index (Phi) is 5.83. The predicted octanol–water partition coefficient (Wildman–Crippen LogP) is 2.89. The monoisotopic (exact) mass is 425 g/mol. The van der Waals surface area contributed by atoms with Gasteiger partial charge in [0.05, 0.1) is 17.9 Å². The summed E-state index contributed by atoms with van der Waals surface area (Å²) in [6.45, 7) is 0.391. The van der Waals surface area contributed by atoms with Crippen LogP contribution in [0.1, 0.15) is 22.3 Å². The second-order valence-corrected chi connectivity index (χ2v) is 7.55. The van der Waals surface area contributed by atoms with E-state index < -0.39 is 12.1 Å². The van der Waals surface area contributed by atoms with Crippen molar-refractivity contribution in [3.63, 3.8) is 0 Å². The van der Waals surface area contributed by atoms with Crippen LogP contribution in [0.5, 0.6) is 0 Å². The first kappa shape index (κ1) is 20.1. The molecule has 7 nitrogen and oxygen atoms in total. The predicted molar refractivity (Wildman–Crippen MR) is 111 cm³/mol. The van der Waals surface area contributed by atoms with E-state index >= 15 is 0 Å². The van der Waals surface area contributed by atoms with E-state index in [9.17, 15) is 14.7 Å². The molecule has 8 heteroatoms. The van der Waals surface area contributed by atoms with Crippen LogP contribution in [-0.4, -0.2) is 45.5 Å². The topological polar surface area (TPSA) is 95.7 Å². The third-order valence-corrected chi connectivity index (χ3v) is 5.33. The lowest BCUT2D eigenvalue weighted by molar-refractivity contribution is -0.125. The van der Waals surface area contributed by atoms with Crippen LogP contribution >= 0.6 is 11.6 Å². The van der Waals surface area contributed by atoms with Crippen LogP contribution in [0.3, 0.4) is 0 Å². The minimum atomic E-state index is -0.766. The molecule has 0 aliphatic carbocycles.